The molecule has 0 saturated heterocycles. The van der Waals surface area contributed by atoms with Crippen LogP contribution in [0.4, 0.5) is 4.79 Å². The number of rotatable bonds is 11. The summed E-state index contributed by atoms with van der Waals surface area (Å²) < 4.78 is 37.3. The van der Waals surface area contributed by atoms with Crippen LogP contribution in [-0.4, -0.2) is 44.0 Å². The van der Waals surface area contributed by atoms with Crippen molar-refractivity contribution in [3.05, 3.63) is 53.7 Å². The molecule has 2 aromatic rings. The molecule has 1 heterocycles. The second-order valence-electron chi connectivity index (χ2n) is 9.46. The highest BCUT2D eigenvalue weighted by atomic mass is 32.2. The van der Waals surface area contributed by atoms with Crippen LogP contribution in [0.2, 0.25) is 0 Å². The van der Waals surface area contributed by atoms with Gasteiger partial charge in [0.05, 0.1) is 10.5 Å². The summed E-state index contributed by atoms with van der Waals surface area (Å²) in [7, 11) is -4.12. The highest BCUT2D eigenvalue weighted by molar-refractivity contribution is 7.90. The van der Waals surface area contributed by atoms with Crippen molar-refractivity contribution in [2.24, 2.45) is 5.92 Å². The summed E-state index contributed by atoms with van der Waals surface area (Å²) in [5, 5.41) is 2.94. The highest BCUT2D eigenvalue weighted by Crippen LogP contribution is 2.26. The second kappa shape index (κ2) is 13.9. The van der Waals surface area contributed by atoms with Gasteiger partial charge in [-0.25, -0.2) is 22.9 Å². The molecule has 0 unspecified atom stereocenters. The minimum atomic E-state index is -4.12. The van der Waals surface area contributed by atoms with Gasteiger partial charge >= 0.3 is 6.16 Å². The van der Waals surface area contributed by atoms with Crippen LogP contribution in [0.5, 0.6) is 5.88 Å². The Bertz CT molecular complexity index is 1190. The fourth-order valence-electron chi connectivity index (χ4n) is 4.08. The van der Waals surface area contributed by atoms with Crippen LogP contribution >= 0.6 is 0 Å². The van der Waals surface area contributed by atoms with E-state index in [4.69, 9.17) is 9.47 Å². The molecule has 38 heavy (non-hydrogen) atoms. The molecule has 3 rings (SSSR count). The molecule has 2 amide bonds. The van der Waals surface area contributed by atoms with Gasteiger partial charge in [0.15, 0.2) is 0 Å². The molecule has 206 valence electrons. The average Bonchev–Trinajstić information content (AvgIpc) is 2.89. The summed E-state index contributed by atoms with van der Waals surface area (Å²) in [5.74, 6) is -0.433. The van der Waals surface area contributed by atoms with E-state index in [0.29, 0.717) is 31.7 Å². The fourth-order valence-corrected chi connectivity index (χ4v) is 5.05. The van der Waals surface area contributed by atoms with E-state index in [0.717, 1.165) is 24.6 Å². The van der Waals surface area contributed by atoms with Crippen molar-refractivity contribution in [1.29, 1.82) is 0 Å². The summed E-state index contributed by atoms with van der Waals surface area (Å²) in [4.78, 5) is 40.1. The van der Waals surface area contributed by atoms with Gasteiger partial charge < -0.3 is 14.8 Å². The van der Waals surface area contributed by atoms with E-state index in [9.17, 15) is 22.8 Å². The minimum absolute atomic E-state index is 0.0307. The molecule has 11 heteroatoms. The molecular formula is C27H35N3O7S. The quantitative estimate of drug-likeness (QED) is 0.401. The Morgan fingerprint density at radius 2 is 1.76 bits per heavy atom. The molecule has 0 spiro atoms. The molecule has 0 bridgehead atoms. The number of sulfonamides is 1. The lowest BCUT2D eigenvalue weighted by Crippen LogP contribution is -2.30. The first-order chi connectivity index (χ1) is 18.2. The molecule has 0 aliphatic heterocycles. The van der Waals surface area contributed by atoms with Gasteiger partial charge in [-0.1, -0.05) is 38.3 Å². The first kappa shape index (κ1) is 29.1. The smallest absolute Gasteiger partial charge is 0.431 e. The first-order valence-electron chi connectivity index (χ1n) is 12.9. The summed E-state index contributed by atoms with van der Waals surface area (Å²) in [5.41, 5.74) is 0.830. The van der Waals surface area contributed by atoms with Gasteiger partial charge in [-0.2, -0.15) is 0 Å². The molecule has 1 fully saturated rings. The van der Waals surface area contributed by atoms with Crippen LogP contribution < -0.4 is 14.8 Å². The van der Waals surface area contributed by atoms with Crippen molar-refractivity contribution < 1.29 is 32.3 Å². The average molecular weight is 546 g/mol. The monoisotopic (exact) mass is 545 g/mol. The summed E-state index contributed by atoms with van der Waals surface area (Å²) >= 11 is 0. The third-order valence-electron chi connectivity index (χ3n) is 6.45. The maximum Gasteiger partial charge on any atom is 0.515 e. The zero-order valence-electron chi connectivity index (χ0n) is 21.8. The standard InChI is InChI=1S/C27H35N3O7S/c1-3-19(2)36-27(33)37-25-14-11-22(18-29-25)26(32)30-38(34,35)23-12-9-20(10-13-23)15-16-28-24(31)17-21-7-5-4-6-8-21/h9-14,18-19,21H,3-8,15-17H2,1-2H3,(H,28,31)(H,30,32)/t19-/m0/s1. The van der Waals surface area contributed by atoms with Gasteiger partial charge in [0.25, 0.3) is 15.9 Å². The van der Waals surface area contributed by atoms with Crippen molar-refractivity contribution in [3.63, 3.8) is 0 Å². The summed E-state index contributed by atoms with van der Waals surface area (Å²) in [6.45, 7) is 4.04. The van der Waals surface area contributed by atoms with E-state index < -0.39 is 22.1 Å². The Morgan fingerprint density at radius 3 is 2.39 bits per heavy atom. The molecule has 2 N–H and O–H groups in total. The number of nitrogens with zero attached hydrogens (tertiary/aromatic N) is 1. The molecule has 1 atom stereocenters. The minimum Gasteiger partial charge on any atom is -0.431 e. The van der Waals surface area contributed by atoms with E-state index in [1.807, 2.05) is 11.6 Å². The number of aromatic nitrogens is 1. The third-order valence-corrected chi connectivity index (χ3v) is 7.80. The van der Waals surface area contributed by atoms with Crippen molar-refractivity contribution in [3.8, 4) is 5.88 Å². The maximum atomic E-state index is 12.7. The highest BCUT2D eigenvalue weighted by Gasteiger charge is 2.20. The van der Waals surface area contributed by atoms with Crippen LogP contribution in [0.3, 0.4) is 0 Å². The van der Waals surface area contributed by atoms with Gasteiger partial charge in [-0.05, 0) is 62.3 Å². The molecule has 1 aliphatic carbocycles. The lowest BCUT2D eigenvalue weighted by atomic mass is 9.87. The number of ether oxygens (including phenoxy) is 2. The lowest BCUT2D eigenvalue weighted by Gasteiger charge is -2.20. The maximum absolute atomic E-state index is 12.7. The topological polar surface area (TPSA) is 141 Å². The molecule has 1 aliphatic rings. The van der Waals surface area contributed by atoms with Crippen molar-refractivity contribution in [2.45, 2.75) is 76.2 Å². The largest absolute Gasteiger partial charge is 0.515 e. The fraction of sp³-hybridized carbons (Fsp3) is 0.481. The summed E-state index contributed by atoms with van der Waals surface area (Å²) in [6, 6.07) is 8.67. The SMILES string of the molecule is CC[C@H](C)OC(=O)Oc1ccc(C(=O)NS(=O)(=O)c2ccc(CCNC(=O)CC3CCCCC3)cc2)cn1. The lowest BCUT2D eigenvalue weighted by molar-refractivity contribution is -0.122. The molecule has 10 nitrogen and oxygen atoms in total. The first-order valence-corrected chi connectivity index (χ1v) is 14.4. The normalized spacial score (nSPS) is 14.8. The Labute approximate surface area is 223 Å². The number of carbonyl (C=O) groups is 3. The van der Waals surface area contributed by atoms with E-state index in [1.54, 1.807) is 19.1 Å². The Kier molecular flexibility index (Phi) is 10.6. The molecule has 1 aromatic heterocycles. The number of carbonyl (C=O) groups excluding carboxylic acids is 3. The van der Waals surface area contributed by atoms with Crippen LogP contribution in [-0.2, 0) is 26.0 Å². The number of amides is 2. The number of pyridine rings is 1. The molecule has 1 aromatic carbocycles. The second-order valence-corrected chi connectivity index (χ2v) is 11.1. The van der Waals surface area contributed by atoms with Crippen LogP contribution in [0.25, 0.3) is 0 Å². The van der Waals surface area contributed by atoms with Gasteiger partial charge in [0.2, 0.25) is 11.8 Å². The Balaban J connectivity index is 1.47. The predicted molar refractivity (Wildman–Crippen MR) is 140 cm³/mol. The molecular weight excluding hydrogens is 510 g/mol. The van der Waals surface area contributed by atoms with Crippen LogP contribution in [0.1, 0.15) is 74.7 Å². The van der Waals surface area contributed by atoms with E-state index in [2.05, 4.69) is 10.3 Å². The van der Waals surface area contributed by atoms with E-state index in [1.165, 1.54) is 43.5 Å². The van der Waals surface area contributed by atoms with Gasteiger partial charge in [-0.15, -0.1) is 0 Å². The number of nitrogens with one attached hydrogen (secondary N) is 2. The van der Waals surface area contributed by atoms with Crippen molar-refractivity contribution in [2.75, 3.05) is 6.54 Å². The molecule has 1 saturated carbocycles. The zero-order valence-corrected chi connectivity index (χ0v) is 22.6. The Hall–Kier alpha value is -3.47. The number of hydrogen-bond acceptors (Lipinski definition) is 8. The van der Waals surface area contributed by atoms with Gasteiger partial charge in [0, 0.05) is 25.2 Å². The number of hydrogen-bond donors (Lipinski definition) is 2. The van der Waals surface area contributed by atoms with Crippen molar-refractivity contribution in [1.82, 2.24) is 15.0 Å². The Morgan fingerprint density at radius 1 is 1.05 bits per heavy atom. The molecule has 0 radical (unpaired) electrons. The summed E-state index contributed by atoms with van der Waals surface area (Å²) in [6.07, 6.45) is 7.49. The predicted octanol–water partition coefficient (Wildman–Crippen LogP) is 4.14. The van der Waals surface area contributed by atoms with E-state index >= 15 is 0 Å². The van der Waals surface area contributed by atoms with E-state index in [-0.39, 0.29) is 28.4 Å². The van der Waals surface area contributed by atoms with Crippen LogP contribution in [0, 0.1) is 5.92 Å². The van der Waals surface area contributed by atoms with Crippen molar-refractivity contribution >= 4 is 28.0 Å². The van der Waals surface area contributed by atoms with Crippen LogP contribution in [0.15, 0.2) is 47.5 Å². The van der Waals surface area contributed by atoms with Gasteiger partial charge in [0.1, 0.15) is 6.10 Å². The number of benzene rings is 1. The van der Waals surface area contributed by atoms with Gasteiger partial charge in [-0.3, -0.25) is 9.59 Å². The third kappa shape index (κ3) is 9.13. The zero-order chi connectivity index (χ0) is 27.5.